The molecule has 1 heterocycles. The van der Waals surface area contributed by atoms with Crippen molar-refractivity contribution in [1.82, 2.24) is 10.0 Å². The van der Waals surface area contributed by atoms with Gasteiger partial charge in [0.2, 0.25) is 0 Å². The zero-order chi connectivity index (χ0) is 24.3. The minimum atomic E-state index is -1.13. The minimum absolute atomic E-state index is 0.0318. The Bertz CT molecular complexity index is 1230. The van der Waals surface area contributed by atoms with Gasteiger partial charge in [-0.15, -0.1) is 0 Å². The highest BCUT2D eigenvalue weighted by Crippen LogP contribution is 2.53. The number of nitrogens with zero attached hydrogens (tertiary/aromatic N) is 2. The molecule has 5 atom stereocenters. The van der Waals surface area contributed by atoms with Gasteiger partial charge in [-0.2, -0.15) is 5.01 Å². The van der Waals surface area contributed by atoms with Crippen LogP contribution in [-0.2, 0) is 9.59 Å². The second-order valence-corrected chi connectivity index (χ2v) is 10.0. The van der Waals surface area contributed by atoms with Crippen LogP contribution < -0.4 is 0 Å². The highest BCUT2D eigenvalue weighted by atomic mass is 35.5. The first kappa shape index (κ1) is 22.8. The summed E-state index contributed by atoms with van der Waals surface area (Å²) in [6, 6.07) is 10.1. The molecule has 5 rings (SSSR count). The molecule has 0 radical (unpaired) electrons. The van der Waals surface area contributed by atoms with Gasteiger partial charge in [0, 0.05) is 10.6 Å². The van der Waals surface area contributed by atoms with E-state index in [1.807, 2.05) is 19.1 Å². The SMILES string of the molecule is Cc1ccc(C(=O)[C@H](C)N(C(=O)c2ccc(Cl)cc2Cl)N2C(=O)[C@@H]3[C@@H](C2=O)[C@H]2C=C[C@H]3C2)cc1. The van der Waals surface area contributed by atoms with E-state index in [1.165, 1.54) is 25.1 Å². The number of aryl methyl sites for hydroxylation is 1. The Kier molecular flexibility index (Phi) is 5.61. The van der Waals surface area contributed by atoms with Crippen molar-refractivity contribution in [2.45, 2.75) is 26.3 Å². The monoisotopic (exact) mass is 496 g/mol. The van der Waals surface area contributed by atoms with Crippen molar-refractivity contribution in [3.05, 3.63) is 81.4 Å². The van der Waals surface area contributed by atoms with Crippen molar-refractivity contribution in [3.63, 3.8) is 0 Å². The van der Waals surface area contributed by atoms with Crippen LogP contribution in [-0.4, -0.2) is 39.6 Å². The van der Waals surface area contributed by atoms with Crippen molar-refractivity contribution >= 4 is 46.7 Å². The lowest BCUT2D eigenvalue weighted by atomic mass is 9.85. The smallest absolute Gasteiger partial charge is 0.275 e. The number of fused-ring (bicyclic) bond motifs is 5. The molecule has 174 valence electrons. The van der Waals surface area contributed by atoms with Gasteiger partial charge in [-0.3, -0.25) is 19.2 Å². The topological polar surface area (TPSA) is 74.8 Å². The van der Waals surface area contributed by atoms with Crippen LogP contribution in [0, 0.1) is 30.6 Å². The Morgan fingerprint density at radius 1 is 0.971 bits per heavy atom. The molecule has 3 amide bonds. The lowest BCUT2D eigenvalue weighted by molar-refractivity contribution is -0.157. The number of amides is 3. The van der Waals surface area contributed by atoms with Crippen molar-refractivity contribution in [2.24, 2.45) is 23.7 Å². The summed E-state index contributed by atoms with van der Waals surface area (Å²) in [6.45, 7) is 3.42. The normalized spacial score (nSPS) is 25.6. The third-order valence-electron chi connectivity index (χ3n) is 7.11. The first-order chi connectivity index (χ1) is 16.2. The van der Waals surface area contributed by atoms with Crippen LogP contribution in [0.15, 0.2) is 54.6 Å². The van der Waals surface area contributed by atoms with Gasteiger partial charge >= 0.3 is 0 Å². The molecule has 1 saturated carbocycles. The van der Waals surface area contributed by atoms with Crippen LogP contribution >= 0.6 is 23.2 Å². The highest BCUT2D eigenvalue weighted by Gasteiger charge is 2.61. The van der Waals surface area contributed by atoms with E-state index in [0.29, 0.717) is 10.6 Å². The molecule has 3 aliphatic rings. The van der Waals surface area contributed by atoms with E-state index in [-0.39, 0.29) is 22.4 Å². The molecule has 0 N–H and O–H groups in total. The average molecular weight is 497 g/mol. The van der Waals surface area contributed by atoms with E-state index in [4.69, 9.17) is 23.2 Å². The van der Waals surface area contributed by atoms with E-state index in [2.05, 4.69) is 0 Å². The molecule has 2 fully saturated rings. The molecule has 1 saturated heterocycles. The fourth-order valence-electron chi connectivity index (χ4n) is 5.40. The lowest BCUT2D eigenvalue weighted by Gasteiger charge is -2.35. The van der Waals surface area contributed by atoms with Gasteiger partial charge < -0.3 is 0 Å². The Labute approximate surface area is 207 Å². The summed E-state index contributed by atoms with van der Waals surface area (Å²) in [4.78, 5) is 54.2. The summed E-state index contributed by atoms with van der Waals surface area (Å²) in [5.41, 5.74) is 1.40. The van der Waals surface area contributed by atoms with Crippen molar-refractivity contribution in [2.75, 3.05) is 0 Å². The van der Waals surface area contributed by atoms with Gasteiger partial charge in [0.15, 0.2) is 5.78 Å². The first-order valence-corrected chi connectivity index (χ1v) is 11.9. The zero-order valence-electron chi connectivity index (χ0n) is 18.6. The summed E-state index contributed by atoms with van der Waals surface area (Å²) in [5.74, 6) is -3.09. The number of Topliss-reactive ketones (excluding diaryl/α,β-unsaturated/α-hetero) is 1. The van der Waals surface area contributed by atoms with Gasteiger partial charge in [0.1, 0.15) is 6.04 Å². The predicted octanol–water partition coefficient (Wildman–Crippen LogP) is 4.74. The number of imide groups is 1. The molecule has 2 aliphatic carbocycles. The number of hydrogen-bond donors (Lipinski definition) is 0. The maximum Gasteiger partial charge on any atom is 0.275 e. The molecular formula is C26H22Cl2N2O4. The van der Waals surface area contributed by atoms with Crippen LogP contribution in [0.5, 0.6) is 0 Å². The quantitative estimate of drug-likeness (QED) is 0.340. The van der Waals surface area contributed by atoms with E-state index >= 15 is 0 Å². The number of rotatable bonds is 5. The molecule has 0 unspecified atom stereocenters. The average Bonchev–Trinajstić information content (AvgIpc) is 3.49. The Hall–Kier alpha value is -2.96. The summed E-state index contributed by atoms with van der Waals surface area (Å²) < 4.78 is 0. The van der Waals surface area contributed by atoms with Crippen LogP contribution in [0.4, 0.5) is 0 Å². The number of halogens is 2. The number of allylic oxidation sites excluding steroid dienone is 2. The maximum atomic E-state index is 13.8. The van der Waals surface area contributed by atoms with E-state index in [1.54, 1.807) is 24.3 Å². The second-order valence-electron chi connectivity index (χ2n) is 9.17. The van der Waals surface area contributed by atoms with E-state index in [9.17, 15) is 19.2 Å². The summed E-state index contributed by atoms with van der Waals surface area (Å²) in [5, 5.41) is 2.28. The zero-order valence-corrected chi connectivity index (χ0v) is 20.1. The molecule has 2 aromatic carbocycles. The largest absolute Gasteiger partial charge is 0.292 e. The minimum Gasteiger partial charge on any atom is -0.292 e. The third kappa shape index (κ3) is 3.48. The molecular weight excluding hydrogens is 475 g/mol. The van der Waals surface area contributed by atoms with Crippen molar-refractivity contribution in [1.29, 1.82) is 0 Å². The van der Waals surface area contributed by atoms with Crippen LogP contribution in [0.3, 0.4) is 0 Å². The Morgan fingerprint density at radius 2 is 1.56 bits per heavy atom. The molecule has 8 heteroatoms. The van der Waals surface area contributed by atoms with Gasteiger partial charge in [-0.05, 0) is 50.3 Å². The van der Waals surface area contributed by atoms with Gasteiger partial charge in [0.05, 0.1) is 22.4 Å². The molecule has 0 spiro atoms. The van der Waals surface area contributed by atoms with Crippen molar-refractivity contribution in [3.8, 4) is 0 Å². The van der Waals surface area contributed by atoms with Crippen LogP contribution in [0.25, 0.3) is 0 Å². The van der Waals surface area contributed by atoms with E-state index in [0.717, 1.165) is 22.0 Å². The highest BCUT2D eigenvalue weighted by molar-refractivity contribution is 6.36. The molecule has 2 bridgehead atoms. The third-order valence-corrected chi connectivity index (χ3v) is 7.66. The number of carbonyl (C=O) groups excluding carboxylic acids is 4. The fraction of sp³-hybridized carbons (Fsp3) is 0.308. The Balaban J connectivity index is 1.56. The second kappa shape index (κ2) is 8.36. The molecule has 0 aromatic heterocycles. The molecule has 1 aliphatic heterocycles. The summed E-state index contributed by atoms with van der Waals surface area (Å²) in [6.07, 6.45) is 4.71. The number of hydrazine groups is 1. The van der Waals surface area contributed by atoms with Gasteiger partial charge in [-0.25, -0.2) is 5.01 Å². The number of hydrogen-bond acceptors (Lipinski definition) is 4. The fourth-order valence-corrected chi connectivity index (χ4v) is 5.88. The molecule has 6 nitrogen and oxygen atoms in total. The van der Waals surface area contributed by atoms with Gasteiger partial charge in [-0.1, -0.05) is 65.2 Å². The van der Waals surface area contributed by atoms with E-state index < -0.39 is 41.4 Å². The first-order valence-electron chi connectivity index (χ1n) is 11.1. The standard InChI is InChI=1S/C26H22Cl2N2O4/c1-13-3-5-15(6-4-13)23(31)14(2)29(24(32)19-10-9-18(27)12-20(19)28)30-25(33)21-16-7-8-17(11-16)22(21)26(30)34/h3-10,12,14,16-17,21-22H,11H2,1-2H3/t14-,16-,17-,21-,22-/m0/s1. The summed E-state index contributed by atoms with van der Waals surface area (Å²) in [7, 11) is 0. The number of benzene rings is 2. The molecule has 2 aromatic rings. The Morgan fingerprint density at radius 3 is 2.12 bits per heavy atom. The lowest BCUT2D eigenvalue weighted by Crippen LogP contribution is -2.57. The summed E-state index contributed by atoms with van der Waals surface area (Å²) >= 11 is 12.3. The van der Waals surface area contributed by atoms with Crippen LogP contribution in [0.2, 0.25) is 10.0 Å². The maximum absolute atomic E-state index is 13.8. The predicted molar refractivity (Wildman–Crippen MR) is 127 cm³/mol. The molecule has 34 heavy (non-hydrogen) atoms. The number of carbonyl (C=O) groups is 4. The number of ketones is 1. The van der Waals surface area contributed by atoms with Crippen molar-refractivity contribution < 1.29 is 19.2 Å². The van der Waals surface area contributed by atoms with Gasteiger partial charge in [0.25, 0.3) is 17.7 Å². The van der Waals surface area contributed by atoms with Crippen LogP contribution in [0.1, 0.15) is 39.6 Å².